The molecule has 2 aromatic rings. The van der Waals surface area contributed by atoms with E-state index in [2.05, 4.69) is 23.6 Å². The number of phenolic OH excluding ortho intramolecular Hbond substituents is 1. The first-order valence-electron chi connectivity index (χ1n) is 9.27. The van der Waals surface area contributed by atoms with Gasteiger partial charge < -0.3 is 14.9 Å². The van der Waals surface area contributed by atoms with Gasteiger partial charge in [0.2, 0.25) is 0 Å². The van der Waals surface area contributed by atoms with Gasteiger partial charge in [-0.15, -0.1) is 12.6 Å². The van der Waals surface area contributed by atoms with Crippen LogP contribution in [0.1, 0.15) is 40.4 Å². The summed E-state index contributed by atoms with van der Waals surface area (Å²) in [5.74, 6) is 0.365. The fourth-order valence-corrected chi connectivity index (χ4v) is 4.45. The summed E-state index contributed by atoms with van der Waals surface area (Å²) in [6.07, 6.45) is 3.11. The van der Waals surface area contributed by atoms with Gasteiger partial charge in [-0.1, -0.05) is 24.3 Å². The number of aromatic hydroxyl groups is 1. The van der Waals surface area contributed by atoms with Crippen molar-refractivity contribution in [2.24, 2.45) is 0 Å². The number of thiol groups is 1. The molecule has 1 atom stereocenters. The molecule has 2 heterocycles. The molecule has 1 amide bonds. The molecule has 0 aliphatic carbocycles. The van der Waals surface area contributed by atoms with Crippen molar-refractivity contribution in [2.45, 2.75) is 30.2 Å². The van der Waals surface area contributed by atoms with Gasteiger partial charge in [0.05, 0.1) is 11.6 Å². The first-order chi connectivity index (χ1) is 12.6. The van der Waals surface area contributed by atoms with Gasteiger partial charge in [0, 0.05) is 23.5 Å². The number of benzene rings is 2. The summed E-state index contributed by atoms with van der Waals surface area (Å²) >= 11 is 4.48. The quantitative estimate of drug-likeness (QED) is 0.815. The average Bonchev–Trinajstić information content (AvgIpc) is 3.15. The summed E-state index contributed by atoms with van der Waals surface area (Å²) < 4.78 is 0. The van der Waals surface area contributed by atoms with Gasteiger partial charge in [0.1, 0.15) is 5.75 Å². The van der Waals surface area contributed by atoms with Gasteiger partial charge in [0.15, 0.2) is 0 Å². The lowest BCUT2D eigenvalue weighted by Gasteiger charge is -2.39. The first kappa shape index (κ1) is 17.4. The van der Waals surface area contributed by atoms with E-state index in [1.165, 1.54) is 12.8 Å². The Labute approximate surface area is 159 Å². The van der Waals surface area contributed by atoms with E-state index in [0.717, 1.165) is 30.8 Å². The molecule has 1 unspecified atom stereocenters. The number of hydrogen-bond donors (Lipinski definition) is 2. The molecule has 136 valence electrons. The van der Waals surface area contributed by atoms with Crippen LogP contribution >= 0.6 is 12.6 Å². The Hall–Kier alpha value is -1.98. The summed E-state index contributed by atoms with van der Waals surface area (Å²) in [5.41, 5.74) is 2.71. The molecule has 4 nitrogen and oxygen atoms in total. The van der Waals surface area contributed by atoms with E-state index in [1.807, 2.05) is 35.2 Å². The monoisotopic (exact) mass is 368 g/mol. The van der Waals surface area contributed by atoms with Crippen molar-refractivity contribution in [3.8, 4) is 5.75 Å². The third-order valence-corrected chi connectivity index (χ3v) is 5.94. The van der Waals surface area contributed by atoms with Gasteiger partial charge in [-0.2, -0.15) is 0 Å². The largest absolute Gasteiger partial charge is 0.508 e. The van der Waals surface area contributed by atoms with Crippen LogP contribution in [-0.2, 0) is 6.42 Å². The van der Waals surface area contributed by atoms with E-state index in [9.17, 15) is 9.90 Å². The molecule has 0 aromatic heterocycles. The lowest BCUT2D eigenvalue weighted by atomic mass is 9.90. The minimum absolute atomic E-state index is 0.0220. The molecular weight excluding hydrogens is 344 g/mol. The van der Waals surface area contributed by atoms with Crippen LogP contribution in [0.5, 0.6) is 5.75 Å². The molecule has 1 saturated heterocycles. The van der Waals surface area contributed by atoms with E-state index in [0.29, 0.717) is 29.2 Å². The van der Waals surface area contributed by atoms with Gasteiger partial charge in [-0.25, -0.2) is 0 Å². The zero-order valence-corrected chi connectivity index (χ0v) is 15.7. The maximum absolute atomic E-state index is 13.3. The summed E-state index contributed by atoms with van der Waals surface area (Å²) in [5, 5.41) is 10.3. The number of likely N-dealkylation sites (tertiary alicyclic amines) is 1. The molecule has 2 aliphatic heterocycles. The van der Waals surface area contributed by atoms with Crippen LogP contribution in [0.3, 0.4) is 0 Å². The Kier molecular flexibility index (Phi) is 4.92. The molecule has 0 bridgehead atoms. The van der Waals surface area contributed by atoms with Crippen molar-refractivity contribution in [3.05, 3.63) is 59.2 Å². The average molecular weight is 369 g/mol. The fourth-order valence-electron chi connectivity index (χ4n) is 4.19. The van der Waals surface area contributed by atoms with Gasteiger partial charge in [-0.3, -0.25) is 4.79 Å². The predicted octanol–water partition coefficient (Wildman–Crippen LogP) is 3.52. The van der Waals surface area contributed by atoms with E-state index in [4.69, 9.17) is 0 Å². The summed E-state index contributed by atoms with van der Waals surface area (Å²) in [7, 11) is 0. The van der Waals surface area contributed by atoms with Gasteiger partial charge >= 0.3 is 0 Å². The number of carbonyl (C=O) groups excluding carboxylic acids is 1. The number of carbonyl (C=O) groups is 1. The van der Waals surface area contributed by atoms with Crippen LogP contribution in [0.4, 0.5) is 0 Å². The SMILES string of the molecule is O=C(c1ccccc1S)N1CCc2c(O)cccc2C1CN1CCCC1. The van der Waals surface area contributed by atoms with Crippen LogP contribution in [0.25, 0.3) is 0 Å². The maximum Gasteiger partial charge on any atom is 0.255 e. The highest BCUT2D eigenvalue weighted by molar-refractivity contribution is 7.80. The summed E-state index contributed by atoms with van der Waals surface area (Å²) in [6.45, 7) is 3.59. The molecule has 0 saturated carbocycles. The number of rotatable bonds is 3. The highest BCUT2D eigenvalue weighted by Crippen LogP contribution is 2.36. The first-order valence-corrected chi connectivity index (χ1v) is 9.72. The topological polar surface area (TPSA) is 43.8 Å². The molecule has 5 heteroatoms. The number of nitrogens with zero attached hydrogens (tertiary/aromatic N) is 2. The van der Waals surface area contributed by atoms with Crippen molar-refractivity contribution in [1.82, 2.24) is 9.80 Å². The number of amides is 1. The van der Waals surface area contributed by atoms with E-state index < -0.39 is 0 Å². The Morgan fingerprint density at radius 2 is 1.85 bits per heavy atom. The molecule has 0 spiro atoms. The number of fused-ring (bicyclic) bond motifs is 1. The third kappa shape index (κ3) is 3.21. The van der Waals surface area contributed by atoms with Crippen LogP contribution < -0.4 is 0 Å². The van der Waals surface area contributed by atoms with E-state index in [-0.39, 0.29) is 11.9 Å². The zero-order valence-electron chi connectivity index (χ0n) is 14.8. The van der Waals surface area contributed by atoms with Crippen LogP contribution in [0, 0.1) is 0 Å². The van der Waals surface area contributed by atoms with Crippen molar-refractivity contribution in [2.75, 3.05) is 26.2 Å². The smallest absolute Gasteiger partial charge is 0.255 e. The van der Waals surface area contributed by atoms with Crippen LogP contribution in [0.2, 0.25) is 0 Å². The molecule has 26 heavy (non-hydrogen) atoms. The molecular formula is C21H24N2O2S. The lowest BCUT2D eigenvalue weighted by Crippen LogP contribution is -2.45. The van der Waals surface area contributed by atoms with Crippen molar-refractivity contribution < 1.29 is 9.90 Å². The molecule has 0 radical (unpaired) electrons. The van der Waals surface area contributed by atoms with Gasteiger partial charge in [0.25, 0.3) is 5.91 Å². The van der Waals surface area contributed by atoms with Crippen molar-refractivity contribution in [3.63, 3.8) is 0 Å². The maximum atomic E-state index is 13.3. The summed E-state index contributed by atoms with van der Waals surface area (Å²) in [4.78, 5) is 18.4. The second kappa shape index (κ2) is 7.33. The van der Waals surface area contributed by atoms with E-state index >= 15 is 0 Å². The second-order valence-corrected chi connectivity index (χ2v) is 7.62. The minimum atomic E-state index is -0.0376. The highest BCUT2D eigenvalue weighted by Gasteiger charge is 2.34. The normalized spacial score (nSPS) is 20.2. The van der Waals surface area contributed by atoms with Crippen LogP contribution in [0.15, 0.2) is 47.4 Å². The standard InChI is InChI=1S/C21H24N2O2S/c24-19-8-5-7-15-16(19)10-13-23(18(15)14-22-11-3-4-12-22)21(25)17-6-1-2-9-20(17)26/h1-2,5-9,18,24,26H,3-4,10-14H2. The van der Waals surface area contributed by atoms with Crippen molar-refractivity contribution >= 4 is 18.5 Å². The Morgan fingerprint density at radius 1 is 1.08 bits per heavy atom. The summed E-state index contributed by atoms with van der Waals surface area (Å²) in [6, 6.07) is 13.1. The fraction of sp³-hybridized carbons (Fsp3) is 0.381. The van der Waals surface area contributed by atoms with Crippen LogP contribution in [-0.4, -0.2) is 47.0 Å². The molecule has 1 fully saturated rings. The Bertz CT molecular complexity index is 817. The predicted molar refractivity (Wildman–Crippen MR) is 105 cm³/mol. The molecule has 2 aliphatic rings. The van der Waals surface area contributed by atoms with Crippen molar-refractivity contribution in [1.29, 1.82) is 0 Å². The lowest BCUT2D eigenvalue weighted by molar-refractivity contribution is 0.0611. The Morgan fingerprint density at radius 3 is 2.62 bits per heavy atom. The highest BCUT2D eigenvalue weighted by atomic mass is 32.1. The molecule has 1 N–H and O–H groups in total. The minimum Gasteiger partial charge on any atom is -0.508 e. The second-order valence-electron chi connectivity index (χ2n) is 7.13. The van der Waals surface area contributed by atoms with E-state index in [1.54, 1.807) is 6.07 Å². The third-order valence-electron chi connectivity index (χ3n) is 5.55. The molecule has 4 rings (SSSR count). The number of hydrogen-bond acceptors (Lipinski definition) is 4. The molecule has 2 aromatic carbocycles. The zero-order chi connectivity index (χ0) is 18.1. The Balaban J connectivity index is 1.70. The number of phenols is 1. The van der Waals surface area contributed by atoms with Gasteiger partial charge in [-0.05, 0) is 56.1 Å².